The molecule has 21 heavy (non-hydrogen) atoms. The Labute approximate surface area is 135 Å². The van der Waals surface area contributed by atoms with Gasteiger partial charge < -0.3 is 5.32 Å². The second-order valence-corrected chi connectivity index (χ2v) is 6.93. The first-order valence-electron chi connectivity index (χ1n) is 7.56. The summed E-state index contributed by atoms with van der Waals surface area (Å²) in [5.74, 6) is 0. The molecule has 0 saturated heterocycles. The van der Waals surface area contributed by atoms with Crippen molar-refractivity contribution in [3.8, 4) is 0 Å². The fourth-order valence-electron chi connectivity index (χ4n) is 3.72. The van der Waals surface area contributed by atoms with Crippen molar-refractivity contribution in [3.63, 3.8) is 0 Å². The van der Waals surface area contributed by atoms with E-state index < -0.39 is 0 Å². The third kappa shape index (κ3) is 3.04. The van der Waals surface area contributed by atoms with Crippen LogP contribution in [-0.2, 0) is 18.3 Å². The van der Waals surface area contributed by atoms with E-state index in [1.54, 1.807) is 0 Å². The van der Waals surface area contributed by atoms with Crippen LogP contribution in [0, 0.1) is 0 Å². The van der Waals surface area contributed by atoms with Crippen LogP contribution in [-0.4, -0.2) is 18.6 Å². The minimum Gasteiger partial charge on any atom is -0.319 e. The number of halogens is 1. The van der Waals surface area contributed by atoms with Crippen molar-refractivity contribution in [1.29, 1.82) is 0 Å². The zero-order valence-corrected chi connectivity index (χ0v) is 14.0. The van der Waals surface area contributed by atoms with Crippen LogP contribution in [0.3, 0.4) is 0 Å². The molecule has 0 radical (unpaired) electrons. The van der Waals surface area contributed by atoms with E-state index in [0.29, 0.717) is 0 Å². The van der Waals surface area contributed by atoms with Gasteiger partial charge in [0.05, 0.1) is 0 Å². The molecule has 0 fully saturated rings. The van der Waals surface area contributed by atoms with Crippen molar-refractivity contribution < 1.29 is 0 Å². The smallest absolute Gasteiger partial charge is 0.0410 e. The van der Waals surface area contributed by atoms with Crippen molar-refractivity contribution in [2.24, 2.45) is 0 Å². The van der Waals surface area contributed by atoms with Gasteiger partial charge in [0.2, 0.25) is 0 Å². The number of aromatic nitrogens is 1. The molecule has 1 aromatic carbocycles. The number of hydrogen-bond donors (Lipinski definition) is 1. The van der Waals surface area contributed by atoms with Crippen LogP contribution in [0.25, 0.3) is 0 Å². The predicted octanol–water partition coefficient (Wildman–Crippen LogP) is 3.88. The molecule has 0 aliphatic heterocycles. The molecule has 2 nitrogen and oxygen atoms in total. The number of hydrogen-bond acceptors (Lipinski definition) is 2. The highest BCUT2D eigenvalue weighted by Gasteiger charge is 2.35. The molecule has 1 unspecified atom stereocenters. The Kier molecular flexibility index (Phi) is 4.41. The van der Waals surface area contributed by atoms with Crippen LogP contribution in [0.5, 0.6) is 0 Å². The first-order chi connectivity index (χ1) is 10.2. The third-order valence-electron chi connectivity index (χ3n) is 4.51. The Morgan fingerprint density at radius 3 is 2.95 bits per heavy atom. The summed E-state index contributed by atoms with van der Waals surface area (Å²) in [6.07, 6.45) is 8.59. The summed E-state index contributed by atoms with van der Waals surface area (Å²) in [5.41, 5.74) is 4.52. The van der Waals surface area contributed by atoms with Gasteiger partial charge in [0.1, 0.15) is 0 Å². The molecule has 0 saturated carbocycles. The normalized spacial score (nSPS) is 21.0. The topological polar surface area (TPSA) is 24.9 Å². The molecule has 1 heterocycles. The van der Waals surface area contributed by atoms with Crippen LogP contribution >= 0.6 is 15.9 Å². The molecule has 1 atom stereocenters. The average Bonchev–Trinajstić information content (AvgIpc) is 2.48. The van der Waals surface area contributed by atoms with Crippen LogP contribution < -0.4 is 5.32 Å². The molecule has 0 bridgehead atoms. The lowest BCUT2D eigenvalue weighted by atomic mass is 9.67. The number of nitrogens with one attached hydrogen (secondary N) is 1. The highest BCUT2D eigenvalue weighted by Crippen LogP contribution is 2.39. The maximum Gasteiger partial charge on any atom is 0.0410 e. The van der Waals surface area contributed by atoms with Crippen molar-refractivity contribution in [1.82, 2.24) is 10.3 Å². The van der Waals surface area contributed by atoms with Gasteiger partial charge in [-0.2, -0.15) is 0 Å². The lowest BCUT2D eigenvalue weighted by Gasteiger charge is -2.39. The van der Waals surface area contributed by atoms with Gasteiger partial charge in [-0.15, -0.1) is 0 Å². The zero-order chi connectivity index (χ0) is 14.7. The van der Waals surface area contributed by atoms with Crippen LogP contribution in [0.15, 0.2) is 47.2 Å². The summed E-state index contributed by atoms with van der Waals surface area (Å²) in [6.45, 7) is 1.01. The van der Waals surface area contributed by atoms with E-state index in [1.165, 1.54) is 36.0 Å². The van der Waals surface area contributed by atoms with Gasteiger partial charge in [-0.3, -0.25) is 4.98 Å². The molecular formula is C18H21BrN2. The quantitative estimate of drug-likeness (QED) is 0.910. The molecule has 3 heteroatoms. The number of pyridine rings is 1. The molecule has 1 aromatic heterocycles. The lowest BCUT2D eigenvalue weighted by molar-refractivity contribution is 0.344. The van der Waals surface area contributed by atoms with E-state index in [-0.39, 0.29) is 5.41 Å². The van der Waals surface area contributed by atoms with Gasteiger partial charge in [0.15, 0.2) is 0 Å². The Hall–Kier alpha value is -1.19. The maximum absolute atomic E-state index is 4.33. The van der Waals surface area contributed by atoms with Gasteiger partial charge >= 0.3 is 0 Å². The van der Waals surface area contributed by atoms with Gasteiger partial charge in [-0.05, 0) is 71.4 Å². The Morgan fingerprint density at radius 1 is 1.29 bits per heavy atom. The molecule has 0 amide bonds. The van der Waals surface area contributed by atoms with Crippen LogP contribution in [0.4, 0.5) is 0 Å². The standard InChI is InChI=1S/C18H21BrN2/c1-20-13-18(10-14-9-16(19)12-21-11-14)8-4-6-15-5-2-3-7-17(15)18/h2-3,5,7,9,11-12,20H,4,6,8,10,13H2,1H3. The van der Waals surface area contributed by atoms with E-state index in [2.05, 4.69) is 63.6 Å². The fraction of sp³-hybridized carbons (Fsp3) is 0.389. The SMILES string of the molecule is CNCC1(Cc2cncc(Br)c2)CCCc2ccccc21. The molecular weight excluding hydrogens is 324 g/mol. The van der Waals surface area contributed by atoms with Gasteiger partial charge in [0, 0.05) is 28.8 Å². The second-order valence-electron chi connectivity index (χ2n) is 6.01. The highest BCUT2D eigenvalue weighted by atomic mass is 79.9. The second kappa shape index (κ2) is 6.29. The number of rotatable bonds is 4. The van der Waals surface area contributed by atoms with Gasteiger partial charge in [0.25, 0.3) is 0 Å². The van der Waals surface area contributed by atoms with Gasteiger partial charge in [-0.25, -0.2) is 0 Å². The minimum absolute atomic E-state index is 0.187. The zero-order valence-electron chi connectivity index (χ0n) is 12.4. The average molecular weight is 345 g/mol. The van der Waals surface area contributed by atoms with E-state index in [1.807, 2.05) is 12.4 Å². The molecule has 1 aliphatic rings. The van der Waals surface area contributed by atoms with Gasteiger partial charge in [-0.1, -0.05) is 24.3 Å². The Bertz CT molecular complexity index is 626. The van der Waals surface area contributed by atoms with E-state index in [9.17, 15) is 0 Å². The predicted molar refractivity (Wildman–Crippen MR) is 90.6 cm³/mol. The first-order valence-corrected chi connectivity index (χ1v) is 8.35. The molecule has 1 aliphatic carbocycles. The first kappa shape index (κ1) is 14.7. The number of likely N-dealkylation sites (N-methyl/N-ethyl adjacent to an activating group) is 1. The molecule has 3 rings (SSSR count). The monoisotopic (exact) mass is 344 g/mol. The molecule has 110 valence electrons. The van der Waals surface area contributed by atoms with Crippen molar-refractivity contribution in [2.75, 3.05) is 13.6 Å². The van der Waals surface area contributed by atoms with Crippen molar-refractivity contribution in [2.45, 2.75) is 31.1 Å². The molecule has 0 spiro atoms. The summed E-state index contributed by atoms with van der Waals surface area (Å²) in [5, 5.41) is 3.42. The van der Waals surface area contributed by atoms with Crippen LogP contribution in [0.1, 0.15) is 29.5 Å². The largest absolute Gasteiger partial charge is 0.319 e. The highest BCUT2D eigenvalue weighted by molar-refractivity contribution is 9.10. The lowest BCUT2D eigenvalue weighted by Crippen LogP contribution is -2.41. The molecule has 2 aromatic rings. The van der Waals surface area contributed by atoms with Crippen molar-refractivity contribution in [3.05, 3.63) is 63.9 Å². The summed E-state index contributed by atoms with van der Waals surface area (Å²) in [4.78, 5) is 4.33. The van der Waals surface area contributed by atoms with Crippen molar-refractivity contribution >= 4 is 15.9 Å². The van der Waals surface area contributed by atoms with E-state index >= 15 is 0 Å². The number of fused-ring (bicyclic) bond motifs is 1. The third-order valence-corrected chi connectivity index (χ3v) is 4.94. The summed E-state index contributed by atoms with van der Waals surface area (Å²) < 4.78 is 1.06. The summed E-state index contributed by atoms with van der Waals surface area (Å²) in [6, 6.07) is 11.1. The Morgan fingerprint density at radius 2 is 2.14 bits per heavy atom. The number of aryl methyl sites for hydroxylation is 1. The minimum atomic E-state index is 0.187. The molecule has 1 N–H and O–H groups in total. The fourth-order valence-corrected chi connectivity index (χ4v) is 4.13. The van der Waals surface area contributed by atoms with Crippen LogP contribution in [0.2, 0.25) is 0 Å². The maximum atomic E-state index is 4.33. The number of benzene rings is 1. The van der Waals surface area contributed by atoms with E-state index in [0.717, 1.165) is 17.4 Å². The summed E-state index contributed by atoms with van der Waals surface area (Å²) >= 11 is 3.54. The number of nitrogens with zero attached hydrogens (tertiary/aromatic N) is 1. The summed E-state index contributed by atoms with van der Waals surface area (Å²) in [7, 11) is 2.05. The Balaban J connectivity index is 2.01. The van der Waals surface area contributed by atoms with E-state index in [4.69, 9.17) is 0 Å².